The molecule has 202 valence electrons. The quantitative estimate of drug-likeness (QED) is 0.455. The number of benzene rings is 3. The first-order chi connectivity index (χ1) is 18.6. The smallest absolute Gasteiger partial charge is 0.497 e. The van der Waals surface area contributed by atoms with Crippen LogP contribution >= 0.6 is 0 Å². The van der Waals surface area contributed by atoms with E-state index >= 15 is 0 Å². The Hall–Kier alpha value is -4.34. The molecule has 0 saturated heterocycles. The van der Waals surface area contributed by atoms with Crippen LogP contribution in [0.25, 0.3) is 0 Å². The fourth-order valence-corrected chi connectivity index (χ4v) is 5.59. The van der Waals surface area contributed by atoms with Crippen molar-refractivity contribution in [2.45, 2.75) is 50.0 Å². The third kappa shape index (κ3) is 4.29. The Bertz CT molecular complexity index is 1490. The van der Waals surface area contributed by atoms with Crippen molar-refractivity contribution in [3.63, 3.8) is 0 Å². The molecule has 2 N–H and O–H groups in total. The van der Waals surface area contributed by atoms with Crippen LogP contribution in [0.5, 0.6) is 23.0 Å². The zero-order valence-electron chi connectivity index (χ0n) is 21.1. The molecule has 0 spiro atoms. The number of halogens is 2. The second-order valence-corrected chi connectivity index (χ2v) is 10.2. The van der Waals surface area contributed by atoms with Crippen molar-refractivity contribution in [2.75, 3.05) is 7.11 Å². The first kappa shape index (κ1) is 25.0. The molecular formula is C29H25F2NO7. The molecule has 2 aliphatic heterocycles. The van der Waals surface area contributed by atoms with Gasteiger partial charge in [-0.15, -0.1) is 8.78 Å². The van der Waals surface area contributed by atoms with Gasteiger partial charge in [-0.3, -0.25) is 4.79 Å². The zero-order chi connectivity index (χ0) is 27.5. The average Bonchev–Trinajstić information content (AvgIpc) is 3.41. The first-order valence-electron chi connectivity index (χ1n) is 12.5. The minimum atomic E-state index is -3.74. The van der Waals surface area contributed by atoms with Crippen LogP contribution in [0.15, 0.2) is 54.6 Å². The highest BCUT2D eigenvalue weighted by Gasteiger charge is 2.48. The Labute approximate surface area is 222 Å². The molecule has 10 heteroatoms. The first-order valence-corrected chi connectivity index (χ1v) is 12.5. The molecule has 1 aliphatic carbocycles. The van der Waals surface area contributed by atoms with Gasteiger partial charge < -0.3 is 29.4 Å². The van der Waals surface area contributed by atoms with E-state index in [9.17, 15) is 23.5 Å². The molecule has 39 heavy (non-hydrogen) atoms. The summed E-state index contributed by atoms with van der Waals surface area (Å²) in [6.07, 6.45) is -2.78. The lowest BCUT2D eigenvalue weighted by atomic mass is 9.82. The van der Waals surface area contributed by atoms with E-state index < -0.39 is 29.8 Å². The van der Waals surface area contributed by atoms with Gasteiger partial charge in [0.1, 0.15) is 17.6 Å². The third-order valence-corrected chi connectivity index (χ3v) is 7.77. The normalized spacial score (nSPS) is 23.8. The van der Waals surface area contributed by atoms with E-state index in [0.29, 0.717) is 36.3 Å². The Morgan fingerprint density at radius 1 is 1.03 bits per heavy atom. The van der Waals surface area contributed by atoms with Gasteiger partial charge in [0.2, 0.25) is 5.91 Å². The number of alkyl halides is 2. The molecule has 0 saturated carbocycles. The molecule has 3 aliphatic rings. The fourth-order valence-electron chi connectivity index (χ4n) is 5.59. The van der Waals surface area contributed by atoms with E-state index in [4.69, 9.17) is 9.47 Å². The summed E-state index contributed by atoms with van der Waals surface area (Å²) in [7, 11) is 1.55. The number of rotatable bonds is 5. The SMILES string of the molecule is COc1ccc2c(c1)O[C@@H](c1ccc(C(=O)O)cc1)C[C@H]2NC(=O)[C@]1(C)CCc2cc3c(cc21)OC(F)(F)O3. The predicted octanol–water partition coefficient (Wildman–Crippen LogP) is 5.30. The number of carbonyl (C=O) groups is 2. The van der Waals surface area contributed by atoms with Crippen molar-refractivity contribution in [2.24, 2.45) is 0 Å². The van der Waals surface area contributed by atoms with Gasteiger partial charge in [-0.25, -0.2) is 4.79 Å². The minimum absolute atomic E-state index is 0.0347. The van der Waals surface area contributed by atoms with E-state index in [1.165, 1.54) is 24.3 Å². The molecule has 2 heterocycles. The van der Waals surface area contributed by atoms with Gasteiger partial charge in [-0.2, -0.15) is 0 Å². The third-order valence-electron chi connectivity index (χ3n) is 7.77. The van der Waals surface area contributed by atoms with Crippen LogP contribution in [0, 0.1) is 0 Å². The van der Waals surface area contributed by atoms with Crippen molar-refractivity contribution in [1.82, 2.24) is 5.32 Å². The average molecular weight is 538 g/mol. The number of carboxylic acid groups (broad SMARTS) is 1. The molecule has 3 aromatic carbocycles. The van der Waals surface area contributed by atoms with Crippen molar-refractivity contribution in [3.8, 4) is 23.0 Å². The maximum absolute atomic E-state index is 13.9. The standard InChI is InChI=1S/C29H25F2NO7/c1-28(10-9-17-11-24-25(13-20(17)28)39-29(30,31)38-24)27(35)32-21-14-22(15-3-5-16(6-4-15)26(33)34)37-23-12-18(36-2)7-8-19(21)23/h3-8,11-13,21-22H,9-10,14H2,1-2H3,(H,32,35)(H,33,34)/t21-,22-,28-/m1/s1. The number of fused-ring (bicyclic) bond motifs is 3. The van der Waals surface area contributed by atoms with Gasteiger partial charge in [0.15, 0.2) is 11.5 Å². The minimum Gasteiger partial charge on any atom is -0.497 e. The summed E-state index contributed by atoms with van der Waals surface area (Å²) in [6.45, 7) is 1.80. The zero-order valence-corrected chi connectivity index (χ0v) is 21.1. The van der Waals surface area contributed by atoms with Crippen molar-refractivity contribution in [3.05, 3.63) is 82.4 Å². The molecule has 1 amide bonds. The van der Waals surface area contributed by atoms with Gasteiger partial charge in [-0.05, 0) is 72.9 Å². The second kappa shape index (κ2) is 8.86. The fraction of sp³-hybridized carbons (Fsp3) is 0.310. The van der Waals surface area contributed by atoms with E-state index in [-0.39, 0.29) is 23.0 Å². The van der Waals surface area contributed by atoms with Crippen molar-refractivity contribution < 1.29 is 42.4 Å². The Morgan fingerprint density at radius 3 is 2.44 bits per heavy atom. The lowest BCUT2D eigenvalue weighted by Crippen LogP contribution is -2.44. The lowest BCUT2D eigenvalue weighted by Gasteiger charge is -2.35. The number of ether oxygens (including phenoxy) is 4. The highest BCUT2D eigenvalue weighted by atomic mass is 19.3. The second-order valence-electron chi connectivity index (χ2n) is 10.2. The number of aryl methyl sites for hydroxylation is 1. The van der Waals surface area contributed by atoms with Gasteiger partial charge in [0.05, 0.1) is 24.1 Å². The Kier molecular flexibility index (Phi) is 5.67. The van der Waals surface area contributed by atoms with Gasteiger partial charge in [0, 0.05) is 18.1 Å². The predicted molar refractivity (Wildman–Crippen MR) is 134 cm³/mol. The number of carboxylic acids is 1. The summed E-state index contributed by atoms with van der Waals surface area (Å²) >= 11 is 0. The van der Waals surface area contributed by atoms with Crippen LogP contribution in [0.1, 0.15) is 64.5 Å². The van der Waals surface area contributed by atoms with Crippen LogP contribution in [-0.2, 0) is 16.6 Å². The Balaban J connectivity index is 1.30. The molecule has 3 aromatic rings. The van der Waals surface area contributed by atoms with Crippen molar-refractivity contribution in [1.29, 1.82) is 0 Å². The molecule has 0 unspecified atom stereocenters. The van der Waals surface area contributed by atoms with Gasteiger partial charge in [0.25, 0.3) is 0 Å². The van der Waals surface area contributed by atoms with Gasteiger partial charge >= 0.3 is 12.3 Å². The van der Waals surface area contributed by atoms with E-state index in [0.717, 1.165) is 16.7 Å². The van der Waals surface area contributed by atoms with E-state index in [1.54, 1.807) is 38.3 Å². The number of nitrogens with one attached hydrogen (secondary N) is 1. The summed E-state index contributed by atoms with van der Waals surface area (Å²) in [5.41, 5.74) is 2.11. The highest BCUT2D eigenvalue weighted by molar-refractivity contribution is 5.90. The Morgan fingerprint density at radius 2 is 1.74 bits per heavy atom. The topological polar surface area (TPSA) is 103 Å². The highest BCUT2D eigenvalue weighted by Crippen LogP contribution is 2.49. The summed E-state index contributed by atoms with van der Waals surface area (Å²) in [5.74, 6) is -0.269. The number of methoxy groups -OCH3 is 1. The summed E-state index contributed by atoms with van der Waals surface area (Å²) < 4.78 is 48.1. The molecule has 0 radical (unpaired) electrons. The number of aromatic carboxylic acids is 1. The van der Waals surface area contributed by atoms with Crippen LogP contribution in [0.4, 0.5) is 8.78 Å². The maximum atomic E-state index is 13.9. The lowest BCUT2D eigenvalue weighted by molar-refractivity contribution is -0.286. The number of hydrogen-bond acceptors (Lipinski definition) is 6. The maximum Gasteiger partial charge on any atom is 0.586 e. The molecule has 6 rings (SSSR count). The van der Waals surface area contributed by atoms with Crippen LogP contribution in [0.2, 0.25) is 0 Å². The van der Waals surface area contributed by atoms with Crippen LogP contribution in [-0.4, -0.2) is 30.4 Å². The van der Waals surface area contributed by atoms with Crippen LogP contribution < -0.4 is 24.3 Å². The van der Waals surface area contributed by atoms with E-state index in [1.807, 2.05) is 6.07 Å². The summed E-state index contributed by atoms with van der Waals surface area (Å²) in [5, 5.41) is 12.4. The summed E-state index contributed by atoms with van der Waals surface area (Å²) in [6, 6.07) is 14.4. The van der Waals surface area contributed by atoms with Crippen LogP contribution in [0.3, 0.4) is 0 Å². The molecule has 8 nitrogen and oxygen atoms in total. The van der Waals surface area contributed by atoms with Gasteiger partial charge in [-0.1, -0.05) is 12.1 Å². The molecule has 3 atom stereocenters. The summed E-state index contributed by atoms with van der Waals surface area (Å²) in [4.78, 5) is 25.1. The molecule has 0 aromatic heterocycles. The molecule has 0 fully saturated rings. The number of amides is 1. The van der Waals surface area contributed by atoms with E-state index in [2.05, 4.69) is 14.8 Å². The molecule has 0 bridgehead atoms. The largest absolute Gasteiger partial charge is 0.586 e. The van der Waals surface area contributed by atoms with Crippen molar-refractivity contribution >= 4 is 11.9 Å². The number of hydrogen-bond donors (Lipinski definition) is 2. The number of carbonyl (C=O) groups excluding carboxylic acids is 1. The molecular weight excluding hydrogens is 512 g/mol. The monoisotopic (exact) mass is 537 g/mol.